The number of benzene rings is 2. The van der Waals surface area contributed by atoms with Crippen molar-refractivity contribution in [3.63, 3.8) is 0 Å². The van der Waals surface area contributed by atoms with E-state index in [1.807, 2.05) is 12.1 Å². The molecule has 0 aromatic heterocycles. The molecule has 0 radical (unpaired) electrons. The molecule has 0 spiro atoms. The summed E-state index contributed by atoms with van der Waals surface area (Å²) in [6, 6.07) is 12.2. The summed E-state index contributed by atoms with van der Waals surface area (Å²) in [6.45, 7) is 8.92. The van der Waals surface area contributed by atoms with Crippen molar-refractivity contribution in [3.05, 3.63) is 70.0 Å². The van der Waals surface area contributed by atoms with Crippen molar-refractivity contribution >= 4 is 28.8 Å². The number of ether oxygens (including phenoxy) is 1. The summed E-state index contributed by atoms with van der Waals surface area (Å²) in [5.74, 6) is -0.560. The second kappa shape index (κ2) is 11.0. The van der Waals surface area contributed by atoms with E-state index in [2.05, 4.69) is 24.5 Å². The van der Waals surface area contributed by atoms with Gasteiger partial charge in [-0.2, -0.15) is 0 Å². The number of rotatable bonds is 9. The molecule has 4 nitrogen and oxygen atoms in total. The van der Waals surface area contributed by atoms with Crippen LogP contribution in [0, 0.1) is 11.2 Å². The molecule has 2 N–H and O–H groups in total. The van der Waals surface area contributed by atoms with Gasteiger partial charge in [0.25, 0.3) is 0 Å². The van der Waals surface area contributed by atoms with Gasteiger partial charge in [-0.3, -0.25) is 0 Å². The minimum atomic E-state index is -0.308. The predicted octanol–water partition coefficient (Wildman–Crippen LogP) is 6.32. The van der Waals surface area contributed by atoms with Gasteiger partial charge in [0.2, 0.25) is 0 Å². The number of esters is 1. The number of halogens is 2. The zero-order valence-electron chi connectivity index (χ0n) is 19.1. The lowest BCUT2D eigenvalue weighted by Crippen LogP contribution is -2.28. The molecular weight excluding hydrogens is 427 g/mol. The molecule has 0 fully saturated rings. The minimum Gasteiger partial charge on any atom is -0.462 e. The Labute approximate surface area is 195 Å². The topological polar surface area (TPSA) is 50.4 Å². The van der Waals surface area contributed by atoms with Gasteiger partial charge in [0, 0.05) is 35.9 Å². The van der Waals surface area contributed by atoms with Crippen LogP contribution in [0.3, 0.4) is 0 Å². The van der Waals surface area contributed by atoms with Crippen LogP contribution in [-0.2, 0) is 4.74 Å². The quantitative estimate of drug-likeness (QED) is 0.341. The molecule has 0 atom stereocenters. The second-order valence-corrected chi connectivity index (χ2v) is 9.39. The fourth-order valence-corrected chi connectivity index (χ4v) is 4.27. The lowest BCUT2D eigenvalue weighted by Gasteiger charge is -2.34. The lowest BCUT2D eigenvalue weighted by molar-refractivity contribution is 0.0526. The first-order valence-electron chi connectivity index (χ1n) is 11.2. The Kier molecular flexibility index (Phi) is 8.32. The largest absolute Gasteiger partial charge is 0.462 e. The van der Waals surface area contributed by atoms with Crippen molar-refractivity contribution in [1.82, 2.24) is 5.32 Å². The highest BCUT2D eigenvalue weighted by molar-refractivity contribution is 6.30. The van der Waals surface area contributed by atoms with Crippen molar-refractivity contribution in [2.45, 2.75) is 40.0 Å². The van der Waals surface area contributed by atoms with Gasteiger partial charge in [0.1, 0.15) is 5.82 Å². The summed E-state index contributed by atoms with van der Waals surface area (Å²) in [7, 11) is 0. The van der Waals surface area contributed by atoms with Gasteiger partial charge in [0.15, 0.2) is 0 Å². The van der Waals surface area contributed by atoms with Crippen LogP contribution in [0.1, 0.15) is 56.0 Å². The molecule has 0 unspecified atom stereocenters. The summed E-state index contributed by atoms with van der Waals surface area (Å²) < 4.78 is 19.6. The maximum absolute atomic E-state index is 14.6. The Balaban J connectivity index is 1.56. The predicted molar refractivity (Wildman–Crippen MR) is 130 cm³/mol. The molecule has 6 heteroatoms. The van der Waals surface area contributed by atoms with E-state index >= 15 is 0 Å². The maximum atomic E-state index is 14.6. The fourth-order valence-electron chi connectivity index (χ4n) is 4.11. The zero-order valence-corrected chi connectivity index (χ0v) is 19.8. The maximum Gasteiger partial charge on any atom is 0.338 e. The number of hydrogen-bond acceptors (Lipinski definition) is 4. The Morgan fingerprint density at radius 3 is 2.59 bits per heavy atom. The minimum absolute atomic E-state index is 0.211. The van der Waals surface area contributed by atoms with Crippen LogP contribution in [0.25, 0.3) is 5.57 Å². The summed E-state index contributed by atoms with van der Waals surface area (Å²) in [4.78, 5) is 11.7. The van der Waals surface area contributed by atoms with Crippen molar-refractivity contribution in [1.29, 1.82) is 0 Å². The van der Waals surface area contributed by atoms with E-state index in [1.165, 1.54) is 11.6 Å². The van der Waals surface area contributed by atoms with Crippen LogP contribution < -0.4 is 10.6 Å². The SMILES string of the molecule is CCOC(=O)c1ccc(NCCNCC2=C(c3ccc(Cl)cc3F)CCC(C)(C)C2)cc1. The lowest BCUT2D eigenvalue weighted by atomic mass is 9.73. The second-order valence-electron chi connectivity index (χ2n) is 8.95. The third kappa shape index (κ3) is 6.57. The zero-order chi connectivity index (χ0) is 23.1. The van der Waals surface area contributed by atoms with Crippen LogP contribution in [0.15, 0.2) is 48.0 Å². The molecule has 0 saturated carbocycles. The van der Waals surface area contributed by atoms with Crippen molar-refractivity contribution in [2.75, 3.05) is 31.6 Å². The third-order valence-corrected chi connectivity index (χ3v) is 6.03. The highest BCUT2D eigenvalue weighted by Gasteiger charge is 2.28. The standard InChI is InChI=1S/C26H32ClFN2O2/c1-4-32-25(31)18-5-8-21(9-6-18)30-14-13-29-17-19-16-26(2,3)12-11-22(19)23-10-7-20(27)15-24(23)28/h5-10,15,29-30H,4,11-14,16-17H2,1-3H3. The summed E-state index contributed by atoms with van der Waals surface area (Å²) >= 11 is 5.95. The molecule has 172 valence electrons. The number of carbonyl (C=O) groups excluding carboxylic acids is 1. The number of carbonyl (C=O) groups is 1. The average Bonchev–Trinajstić information content (AvgIpc) is 2.74. The van der Waals surface area contributed by atoms with E-state index in [0.717, 1.165) is 50.2 Å². The number of anilines is 1. The molecule has 1 aliphatic rings. The van der Waals surface area contributed by atoms with Gasteiger partial charge in [-0.1, -0.05) is 37.1 Å². The average molecular weight is 459 g/mol. The van der Waals surface area contributed by atoms with E-state index in [9.17, 15) is 9.18 Å². The Bertz CT molecular complexity index is 970. The fraction of sp³-hybridized carbons (Fsp3) is 0.423. The van der Waals surface area contributed by atoms with Crippen LogP contribution in [0.5, 0.6) is 0 Å². The first kappa shape index (κ1) is 24.3. The Morgan fingerprint density at radius 2 is 1.91 bits per heavy atom. The van der Waals surface area contributed by atoms with Gasteiger partial charge in [0.05, 0.1) is 12.2 Å². The van der Waals surface area contributed by atoms with Crippen LogP contribution in [-0.4, -0.2) is 32.2 Å². The first-order valence-corrected chi connectivity index (χ1v) is 11.5. The Hall–Kier alpha value is -2.37. The van der Waals surface area contributed by atoms with Crippen LogP contribution in [0.2, 0.25) is 5.02 Å². The number of hydrogen-bond donors (Lipinski definition) is 2. The van der Waals surface area contributed by atoms with Crippen molar-refractivity contribution < 1.29 is 13.9 Å². The van der Waals surface area contributed by atoms with Crippen molar-refractivity contribution in [2.24, 2.45) is 5.41 Å². The molecular formula is C26H32ClFN2O2. The van der Waals surface area contributed by atoms with Gasteiger partial charge in [-0.15, -0.1) is 0 Å². The molecule has 0 saturated heterocycles. The van der Waals surface area contributed by atoms with E-state index in [4.69, 9.17) is 16.3 Å². The van der Waals surface area contributed by atoms with E-state index in [1.54, 1.807) is 31.2 Å². The van der Waals surface area contributed by atoms with Gasteiger partial charge in [-0.05, 0) is 73.6 Å². The molecule has 3 rings (SSSR count). The molecule has 2 aromatic rings. The molecule has 0 heterocycles. The summed E-state index contributed by atoms with van der Waals surface area (Å²) in [6.07, 6.45) is 2.85. The van der Waals surface area contributed by atoms with E-state index in [-0.39, 0.29) is 17.2 Å². The number of allylic oxidation sites excluding steroid dienone is 1. The normalized spacial score (nSPS) is 15.5. The highest BCUT2D eigenvalue weighted by Crippen LogP contribution is 2.42. The molecule has 2 aromatic carbocycles. The van der Waals surface area contributed by atoms with Crippen LogP contribution in [0.4, 0.5) is 10.1 Å². The van der Waals surface area contributed by atoms with E-state index < -0.39 is 0 Å². The molecule has 0 aliphatic heterocycles. The highest BCUT2D eigenvalue weighted by atomic mass is 35.5. The van der Waals surface area contributed by atoms with Gasteiger partial charge in [-0.25, -0.2) is 9.18 Å². The van der Waals surface area contributed by atoms with Crippen LogP contribution >= 0.6 is 11.6 Å². The summed E-state index contributed by atoms with van der Waals surface area (Å²) in [5.41, 5.74) is 4.74. The molecule has 32 heavy (non-hydrogen) atoms. The molecule has 1 aliphatic carbocycles. The summed E-state index contributed by atoms with van der Waals surface area (Å²) in [5, 5.41) is 7.27. The molecule has 0 bridgehead atoms. The third-order valence-electron chi connectivity index (χ3n) is 5.79. The van der Waals surface area contributed by atoms with Gasteiger partial charge >= 0.3 is 5.97 Å². The van der Waals surface area contributed by atoms with E-state index in [0.29, 0.717) is 22.8 Å². The number of nitrogens with one attached hydrogen (secondary N) is 2. The smallest absolute Gasteiger partial charge is 0.338 e. The van der Waals surface area contributed by atoms with Crippen molar-refractivity contribution in [3.8, 4) is 0 Å². The molecule has 0 amide bonds. The monoisotopic (exact) mass is 458 g/mol. The first-order chi connectivity index (χ1) is 15.3. The van der Waals surface area contributed by atoms with Gasteiger partial charge < -0.3 is 15.4 Å². The Morgan fingerprint density at radius 1 is 1.16 bits per heavy atom.